The molecule has 6 nitrogen and oxygen atoms in total. The number of anilines is 1. The molecule has 1 aliphatic rings. The molecule has 2 unspecified atom stereocenters. The smallest absolute Gasteiger partial charge is 0.186 e. The van der Waals surface area contributed by atoms with Crippen molar-refractivity contribution in [2.24, 2.45) is 5.41 Å². The SMILES string of the molecule is CC(C)(C)C1(O)C=CC=CC1c1[nH]nc2ncnc(N)c12. The van der Waals surface area contributed by atoms with Gasteiger partial charge in [-0.2, -0.15) is 5.10 Å². The quantitative estimate of drug-likeness (QED) is 0.743. The molecule has 0 saturated carbocycles. The topological polar surface area (TPSA) is 101 Å². The monoisotopic (exact) mass is 285 g/mol. The maximum Gasteiger partial charge on any atom is 0.186 e. The number of aromatic amines is 1. The standard InChI is InChI=1S/C15H19N5O/c1-14(2,3)15(21)7-5-4-6-9(15)11-10-12(16)17-8-18-13(10)20-19-11/h4-9,21H,1-3H3,(H3,16,17,18,19,20). The van der Waals surface area contributed by atoms with Crippen LogP contribution >= 0.6 is 0 Å². The Morgan fingerprint density at radius 2 is 2.05 bits per heavy atom. The minimum atomic E-state index is -1.05. The van der Waals surface area contributed by atoms with Gasteiger partial charge in [0, 0.05) is 0 Å². The van der Waals surface area contributed by atoms with Crippen molar-refractivity contribution in [2.45, 2.75) is 32.3 Å². The number of nitrogens with one attached hydrogen (secondary N) is 1. The number of nitrogens with two attached hydrogens (primary N) is 1. The highest BCUT2D eigenvalue weighted by atomic mass is 16.3. The molecule has 0 aromatic carbocycles. The zero-order chi connectivity index (χ0) is 15.3. The number of H-pyrrole nitrogens is 1. The van der Waals surface area contributed by atoms with Gasteiger partial charge in [-0.1, -0.05) is 45.1 Å². The van der Waals surface area contributed by atoms with Crippen LogP contribution in [0.2, 0.25) is 0 Å². The maximum atomic E-state index is 11.2. The minimum absolute atomic E-state index is 0.291. The summed E-state index contributed by atoms with van der Waals surface area (Å²) < 4.78 is 0. The van der Waals surface area contributed by atoms with E-state index in [0.29, 0.717) is 16.9 Å². The molecule has 0 saturated heterocycles. The predicted molar refractivity (Wildman–Crippen MR) is 81.5 cm³/mol. The van der Waals surface area contributed by atoms with Crippen molar-refractivity contribution >= 4 is 16.9 Å². The third kappa shape index (κ3) is 1.94. The van der Waals surface area contributed by atoms with Crippen molar-refractivity contribution in [1.82, 2.24) is 20.2 Å². The van der Waals surface area contributed by atoms with Crippen LogP contribution in [0, 0.1) is 5.41 Å². The molecule has 0 fully saturated rings. The summed E-state index contributed by atoms with van der Waals surface area (Å²) in [5, 5.41) is 19.0. The Morgan fingerprint density at radius 1 is 1.29 bits per heavy atom. The van der Waals surface area contributed by atoms with Gasteiger partial charge in [0.15, 0.2) is 5.65 Å². The Labute approximate surface area is 122 Å². The summed E-state index contributed by atoms with van der Waals surface area (Å²) in [6.07, 6.45) is 8.93. The highest BCUT2D eigenvalue weighted by Gasteiger charge is 2.46. The third-order valence-electron chi connectivity index (χ3n) is 4.16. The van der Waals surface area contributed by atoms with E-state index in [-0.39, 0.29) is 11.3 Å². The van der Waals surface area contributed by atoms with Gasteiger partial charge >= 0.3 is 0 Å². The van der Waals surface area contributed by atoms with Crippen LogP contribution in [-0.2, 0) is 0 Å². The number of fused-ring (bicyclic) bond motifs is 1. The third-order valence-corrected chi connectivity index (χ3v) is 4.16. The van der Waals surface area contributed by atoms with E-state index in [4.69, 9.17) is 5.73 Å². The van der Waals surface area contributed by atoms with Gasteiger partial charge in [-0.25, -0.2) is 9.97 Å². The molecule has 2 aromatic rings. The van der Waals surface area contributed by atoms with Crippen LogP contribution in [0.15, 0.2) is 30.6 Å². The van der Waals surface area contributed by atoms with Crippen molar-refractivity contribution < 1.29 is 5.11 Å². The van der Waals surface area contributed by atoms with E-state index in [0.717, 1.165) is 5.69 Å². The van der Waals surface area contributed by atoms with Crippen LogP contribution in [0.25, 0.3) is 11.0 Å². The average Bonchev–Trinajstić information content (AvgIpc) is 2.83. The highest BCUT2D eigenvalue weighted by Crippen LogP contribution is 2.46. The molecule has 0 spiro atoms. The highest BCUT2D eigenvalue weighted by molar-refractivity contribution is 5.88. The van der Waals surface area contributed by atoms with Gasteiger partial charge in [-0.05, 0) is 5.41 Å². The van der Waals surface area contributed by atoms with Crippen LogP contribution in [-0.4, -0.2) is 30.9 Å². The van der Waals surface area contributed by atoms with Crippen LogP contribution < -0.4 is 5.73 Å². The summed E-state index contributed by atoms with van der Waals surface area (Å²) in [5.74, 6) is 0.0729. The molecule has 2 aromatic heterocycles. The molecular weight excluding hydrogens is 266 g/mol. The molecule has 2 heterocycles. The van der Waals surface area contributed by atoms with Crippen molar-refractivity contribution in [2.75, 3.05) is 5.73 Å². The average molecular weight is 285 g/mol. The molecule has 110 valence electrons. The Bertz CT molecular complexity index is 740. The number of hydrogen-bond acceptors (Lipinski definition) is 5. The second-order valence-electron chi connectivity index (χ2n) is 6.39. The second kappa shape index (κ2) is 4.39. The Kier molecular flexibility index (Phi) is 2.88. The summed E-state index contributed by atoms with van der Waals surface area (Å²) in [4.78, 5) is 8.14. The molecule has 0 radical (unpaired) electrons. The first-order chi connectivity index (χ1) is 9.84. The van der Waals surface area contributed by atoms with Crippen LogP contribution in [0.4, 0.5) is 5.82 Å². The van der Waals surface area contributed by atoms with E-state index in [1.165, 1.54) is 6.33 Å². The molecule has 21 heavy (non-hydrogen) atoms. The lowest BCUT2D eigenvalue weighted by Gasteiger charge is -2.43. The first kappa shape index (κ1) is 13.8. The summed E-state index contributed by atoms with van der Waals surface area (Å²) in [7, 11) is 0. The Morgan fingerprint density at radius 3 is 2.76 bits per heavy atom. The maximum absolute atomic E-state index is 11.2. The number of aliphatic hydroxyl groups is 1. The number of nitrogens with zero attached hydrogens (tertiary/aromatic N) is 3. The number of nitrogen functional groups attached to an aromatic ring is 1. The minimum Gasteiger partial charge on any atom is -0.384 e. The summed E-state index contributed by atoms with van der Waals surface area (Å²) >= 11 is 0. The molecule has 6 heteroatoms. The van der Waals surface area contributed by atoms with E-state index in [9.17, 15) is 5.11 Å². The fourth-order valence-electron chi connectivity index (χ4n) is 2.79. The molecule has 2 atom stereocenters. The summed E-state index contributed by atoms with van der Waals surface area (Å²) in [6, 6.07) is 0. The van der Waals surface area contributed by atoms with Gasteiger partial charge in [0.05, 0.1) is 22.6 Å². The lowest BCUT2D eigenvalue weighted by Crippen LogP contribution is -2.46. The molecule has 3 rings (SSSR count). The van der Waals surface area contributed by atoms with Crippen molar-refractivity contribution in [3.05, 3.63) is 36.3 Å². The number of allylic oxidation sites excluding steroid dienone is 2. The van der Waals surface area contributed by atoms with Crippen molar-refractivity contribution in [1.29, 1.82) is 0 Å². The largest absolute Gasteiger partial charge is 0.384 e. The van der Waals surface area contributed by atoms with Gasteiger partial charge in [0.2, 0.25) is 0 Å². The number of hydrogen-bond donors (Lipinski definition) is 3. The van der Waals surface area contributed by atoms with Gasteiger partial charge < -0.3 is 10.8 Å². The van der Waals surface area contributed by atoms with E-state index < -0.39 is 5.60 Å². The molecule has 4 N–H and O–H groups in total. The first-order valence-corrected chi connectivity index (χ1v) is 6.87. The lowest BCUT2D eigenvalue weighted by molar-refractivity contribution is -0.0274. The zero-order valence-corrected chi connectivity index (χ0v) is 12.3. The van der Waals surface area contributed by atoms with E-state index in [1.54, 1.807) is 0 Å². The molecule has 0 amide bonds. The summed E-state index contributed by atoms with van der Waals surface area (Å²) in [5.41, 5.74) is 5.81. The Hall–Kier alpha value is -2.21. The van der Waals surface area contributed by atoms with Crippen LogP contribution in [0.3, 0.4) is 0 Å². The second-order valence-corrected chi connectivity index (χ2v) is 6.39. The predicted octanol–water partition coefficient (Wildman–Crippen LogP) is 1.92. The molecule has 0 aliphatic heterocycles. The van der Waals surface area contributed by atoms with E-state index in [2.05, 4.69) is 20.2 Å². The zero-order valence-electron chi connectivity index (χ0n) is 12.3. The van der Waals surface area contributed by atoms with E-state index in [1.807, 2.05) is 45.1 Å². The van der Waals surface area contributed by atoms with Gasteiger partial charge in [-0.3, -0.25) is 5.10 Å². The summed E-state index contributed by atoms with van der Waals surface area (Å²) in [6.45, 7) is 6.01. The van der Waals surface area contributed by atoms with Crippen molar-refractivity contribution in [3.8, 4) is 0 Å². The van der Waals surface area contributed by atoms with Gasteiger partial charge in [-0.15, -0.1) is 0 Å². The fraction of sp³-hybridized carbons (Fsp3) is 0.400. The number of rotatable bonds is 1. The molecule has 0 bridgehead atoms. The van der Waals surface area contributed by atoms with Crippen LogP contribution in [0.1, 0.15) is 32.4 Å². The van der Waals surface area contributed by atoms with Gasteiger partial charge in [0.1, 0.15) is 12.1 Å². The molecule has 1 aliphatic carbocycles. The fourth-order valence-corrected chi connectivity index (χ4v) is 2.79. The lowest BCUT2D eigenvalue weighted by atomic mass is 9.66. The van der Waals surface area contributed by atoms with Gasteiger partial charge in [0.25, 0.3) is 0 Å². The van der Waals surface area contributed by atoms with Crippen LogP contribution in [0.5, 0.6) is 0 Å². The Balaban J connectivity index is 2.22. The number of aromatic nitrogens is 4. The molecular formula is C15H19N5O. The van der Waals surface area contributed by atoms with Crippen molar-refractivity contribution in [3.63, 3.8) is 0 Å². The first-order valence-electron chi connectivity index (χ1n) is 6.87. The normalized spacial score (nSPS) is 25.6. The van der Waals surface area contributed by atoms with E-state index >= 15 is 0 Å².